The van der Waals surface area contributed by atoms with Gasteiger partial charge in [-0.25, -0.2) is 4.98 Å². The smallest absolute Gasteiger partial charge is 0.358 e. The quantitative estimate of drug-likeness (QED) is 0.747. The normalized spacial score (nSPS) is 12.7. The van der Waals surface area contributed by atoms with Crippen LogP contribution in [0.2, 0.25) is 0 Å². The molecule has 1 heterocycles. The van der Waals surface area contributed by atoms with E-state index in [1.54, 1.807) is 13.8 Å². The lowest BCUT2D eigenvalue weighted by Gasteiger charge is -2.16. The van der Waals surface area contributed by atoms with Gasteiger partial charge in [0.25, 0.3) is 0 Å². The maximum Gasteiger partial charge on any atom is 0.433 e. The Kier molecular flexibility index (Phi) is 5.74. The van der Waals surface area contributed by atoms with Gasteiger partial charge in [0, 0.05) is 19.2 Å². The molecule has 21 heavy (non-hydrogen) atoms. The summed E-state index contributed by atoms with van der Waals surface area (Å²) in [6, 6.07) is 0.0618. The predicted octanol–water partition coefficient (Wildman–Crippen LogP) is 1.86. The summed E-state index contributed by atoms with van der Waals surface area (Å²) in [5.41, 5.74) is -1.07. The monoisotopic (exact) mass is 305 g/mol. The number of hydrogen-bond donors (Lipinski definition) is 3. The molecule has 1 unspecified atom stereocenters. The highest BCUT2D eigenvalue weighted by atomic mass is 19.4. The number of rotatable bonds is 6. The second-order valence-corrected chi connectivity index (χ2v) is 4.25. The third-order valence-corrected chi connectivity index (χ3v) is 2.46. The van der Waals surface area contributed by atoms with Crippen molar-refractivity contribution in [2.45, 2.75) is 33.0 Å². The standard InChI is InChI=1S/C12H18F3N5O/c1-4-16-10(21)7(3)18-9-6-8(12(13,14)15)19-11(20-9)17-5-2/h6-7H,4-5H2,1-3H3,(H,16,21)(H2,17,18,19,20). The lowest BCUT2D eigenvalue weighted by molar-refractivity contribution is -0.141. The van der Waals surface area contributed by atoms with Crippen molar-refractivity contribution in [3.8, 4) is 0 Å². The van der Waals surface area contributed by atoms with Crippen LogP contribution < -0.4 is 16.0 Å². The van der Waals surface area contributed by atoms with Gasteiger partial charge in [-0.15, -0.1) is 0 Å². The van der Waals surface area contributed by atoms with Crippen LogP contribution in [-0.2, 0) is 11.0 Å². The van der Waals surface area contributed by atoms with Gasteiger partial charge in [0.05, 0.1) is 0 Å². The van der Waals surface area contributed by atoms with Gasteiger partial charge in [0.2, 0.25) is 11.9 Å². The number of carbonyl (C=O) groups is 1. The van der Waals surface area contributed by atoms with Crippen molar-refractivity contribution in [1.29, 1.82) is 0 Å². The third-order valence-electron chi connectivity index (χ3n) is 2.46. The number of aromatic nitrogens is 2. The van der Waals surface area contributed by atoms with E-state index in [4.69, 9.17) is 0 Å². The molecule has 1 aromatic rings. The van der Waals surface area contributed by atoms with E-state index in [0.717, 1.165) is 6.07 Å². The molecule has 0 radical (unpaired) electrons. The largest absolute Gasteiger partial charge is 0.433 e. The summed E-state index contributed by atoms with van der Waals surface area (Å²) < 4.78 is 38.3. The zero-order chi connectivity index (χ0) is 16.0. The minimum atomic E-state index is -4.58. The van der Waals surface area contributed by atoms with Gasteiger partial charge in [-0.3, -0.25) is 4.79 Å². The zero-order valence-electron chi connectivity index (χ0n) is 12.0. The molecule has 0 aliphatic heterocycles. The molecule has 1 aromatic heterocycles. The average Bonchev–Trinajstić information content (AvgIpc) is 2.38. The summed E-state index contributed by atoms with van der Waals surface area (Å²) >= 11 is 0. The Balaban J connectivity index is 3.00. The van der Waals surface area contributed by atoms with Crippen molar-refractivity contribution in [3.05, 3.63) is 11.8 Å². The highest BCUT2D eigenvalue weighted by Crippen LogP contribution is 2.29. The van der Waals surface area contributed by atoms with Crippen LogP contribution in [0.15, 0.2) is 6.07 Å². The van der Waals surface area contributed by atoms with E-state index in [0.29, 0.717) is 13.1 Å². The minimum Gasteiger partial charge on any atom is -0.358 e. The number of hydrogen-bond acceptors (Lipinski definition) is 5. The second kappa shape index (κ2) is 7.09. The number of alkyl halides is 3. The summed E-state index contributed by atoms with van der Waals surface area (Å²) in [5, 5.41) is 7.83. The Morgan fingerprint density at radius 3 is 2.48 bits per heavy atom. The van der Waals surface area contributed by atoms with Gasteiger partial charge in [-0.05, 0) is 20.8 Å². The van der Waals surface area contributed by atoms with Crippen LogP contribution in [0, 0.1) is 0 Å². The maximum absolute atomic E-state index is 12.8. The van der Waals surface area contributed by atoms with Crippen molar-refractivity contribution < 1.29 is 18.0 Å². The molecule has 6 nitrogen and oxygen atoms in total. The number of nitrogens with one attached hydrogen (secondary N) is 3. The van der Waals surface area contributed by atoms with Gasteiger partial charge in [-0.2, -0.15) is 18.2 Å². The third kappa shape index (κ3) is 5.09. The predicted molar refractivity (Wildman–Crippen MR) is 73.0 cm³/mol. The highest BCUT2D eigenvalue weighted by Gasteiger charge is 2.34. The van der Waals surface area contributed by atoms with E-state index >= 15 is 0 Å². The molecule has 0 aliphatic rings. The van der Waals surface area contributed by atoms with Gasteiger partial charge < -0.3 is 16.0 Å². The van der Waals surface area contributed by atoms with Gasteiger partial charge in [-0.1, -0.05) is 0 Å². The number of anilines is 2. The van der Waals surface area contributed by atoms with Gasteiger partial charge >= 0.3 is 6.18 Å². The molecular weight excluding hydrogens is 287 g/mol. The zero-order valence-corrected chi connectivity index (χ0v) is 12.0. The first-order chi connectivity index (χ1) is 9.77. The van der Waals surface area contributed by atoms with Gasteiger partial charge in [0.15, 0.2) is 5.69 Å². The van der Waals surface area contributed by atoms with Crippen LogP contribution in [0.25, 0.3) is 0 Å². The van der Waals surface area contributed by atoms with Crippen molar-refractivity contribution in [3.63, 3.8) is 0 Å². The molecule has 1 atom stereocenters. The van der Waals surface area contributed by atoms with Crippen molar-refractivity contribution in [1.82, 2.24) is 15.3 Å². The van der Waals surface area contributed by atoms with E-state index in [1.165, 1.54) is 6.92 Å². The molecule has 118 valence electrons. The number of halogens is 3. The van der Waals surface area contributed by atoms with E-state index in [-0.39, 0.29) is 17.7 Å². The van der Waals surface area contributed by atoms with E-state index in [2.05, 4.69) is 25.9 Å². The summed E-state index contributed by atoms with van der Waals surface area (Å²) in [7, 11) is 0. The molecule has 0 saturated carbocycles. The maximum atomic E-state index is 12.8. The fraction of sp³-hybridized carbons (Fsp3) is 0.583. The van der Waals surface area contributed by atoms with Crippen LogP contribution in [0.4, 0.5) is 24.9 Å². The second-order valence-electron chi connectivity index (χ2n) is 4.25. The molecule has 0 fully saturated rings. The molecule has 3 N–H and O–H groups in total. The first-order valence-electron chi connectivity index (χ1n) is 6.52. The summed E-state index contributed by atoms with van der Waals surface area (Å²) in [6.07, 6.45) is -4.58. The topological polar surface area (TPSA) is 78.9 Å². The first-order valence-corrected chi connectivity index (χ1v) is 6.52. The Morgan fingerprint density at radius 1 is 1.29 bits per heavy atom. The average molecular weight is 305 g/mol. The molecule has 0 aromatic carbocycles. The van der Waals surface area contributed by atoms with Crippen LogP contribution in [0.3, 0.4) is 0 Å². The number of amides is 1. The van der Waals surface area contributed by atoms with E-state index in [9.17, 15) is 18.0 Å². The lowest BCUT2D eigenvalue weighted by atomic mass is 10.3. The van der Waals surface area contributed by atoms with Crippen LogP contribution >= 0.6 is 0 Å². The Bertz CT molecular complexity index is 492. The Labute approximate surface area is 120 Å². The molecule has 1 amide bonds. The summed E-state index contributed by atoms with van der Waals surface area (Å²) in [4.78, 5) is 18.9. The van der Waals surface area contributed by atoms with Crippen molar-refractivity contribution >= 4 is 17.7 Å². The molecule has 0 bridgehead atoms. The Hall–Kier alpha value is -2.06. The summed E-state index contributed by atoms with van der Waals surface area (Å²) in [5.74, 6) is -0.528. The molecule has 0 spiro atoms. The summed E-state index contributed by atoms with van der Waals surface area (Å²) in [6.45, 7) is 5.82. The van der Waals surface area contributed by atoms with E-state index in [1.807, 2.05) is 0 Å². The Morgan fingerprint density at radius 2 is 1.95 bits per heavy atom. The van der Waals surface area contributed by atoms with E-state index < -0.39 is 17.9 Å². The highest BCUT2D eigenvalue weighted by molar-refractivity contribution is 5.83. The first kappa shape index (κ1) is 17.0. The van der Waals surface area contributed by atoms with Crippen LogP contribution in [0.5, 0.6) is 0 Å². The van der Waals surface area contributed by atoms with Crippen molar-refractivity contribution in [2.24, 2.45) is 0 Å². The number of nitrogens with zero attached hydrogens (tertiary/aromatic N) is 2. The molecular formula is C12H18F3N5O. The van der Waals surface area contributed by atoms with Crippen molar-refractivity contribution in [2.75, 3.05) is 23.7 Å². The lowest BCUT2D eigenvalue weighted by Crippen LogP contribution is -2.37. The number of carbonyl (C=O) groups excluding carboxylic acids is 1. The molecule has 1 rings (SSSR count). The fourth-order valence-corrected chi connectivity index (χ4v) is 1.52. The number of likely N-dealkylation sites (N-methyl/N-ethyl adjacent to an activating group) is 1. The molecule has 0 saturated heterocycles. The minimum absolute atomic E-state index is 0.0629. The molecule has 9 heteroatoms. The van der Waals surface area contributed by atoms with Crippen LogP contribution in [-0.4, -0.2) is 35.0 Å². The van der Waals surface area contributed by atoms with Crippen LogP contribution in [0.1, 0.15) is 26.5 Å². The molecule has 0 aliphatic carbocycles. The SMILES string of the molecule is CCNC(=O)C(C)Nc1cc(C(F)(F)F)nc(NCC)n1. The fourth-order valence-electron chi connectivity index (χ4n) is 1.52. The van der Waals surface area contributed by atoms with Gasteiger partial charge in [0.1, 0.15) is 11.9 Å².